The molecule has 8 heteroatoms. The highest BCUT2D eigenvalue weighted by Crippen LogP contribution is 2.09. The van der Waals surface area contributed by atoms with Crippen LogP contribution in [0, 0.1) is 6.92 Å². The Morgan fingerprint density at radius 1 is 1.20 bits per heavy atom. The van der Waals surface area contributed by atoms with Crippen LogP contribution in [-0.4, -0.2) is 53.7 Å². The SMILES string of the molecule is CN=C(NCCCNC(=O)c1occc1C)N(C)Cc1cnn(-c2ccccc2)c1. The van der Waals surface area contributed by atoms with Crippen LogP contribution >= 0.6 is 0 Å². The molecule has 0 spiro atoms. The second kappa shape index (κ2) is 10.3. The zero-order valence-electron chi connectivity index (χ0n) is 17.6. The number of aryl methyl sites for hydroxylation is 1. The second-order valence-corrected chi connectivity index (χ2v) is 7.00. The lowest BCUT2D eigenvalue weighted by atomic mass is 10.2. The molecule has 0 aliphatic rings. The van der Waals surface area contributed by atoms with Crippen molar-refractivity contribution in [1.82, 2.24) is 25.3 Å². The molecule has 0 saturated heterocycles. The Balaban J connectivity index is 1.42. The van der Waals surface area contributed by atoms with E-state index in [4.69, 9.17) is 4.42 Å². The van der Waals surface area contributed by atoms with Gasteiger partial charge in [-0.3, -0.25) is 9.79 Å². The Bertz CT molecular complexity index is 976. The van der Waals surface area contributed by atoms with Crippen molar-refractivity contribution in [2.45, 2.75) is 19.9 Å². The largest absolute Gasteiger partial charge is 0.459 e. The van der Waals surface area contributed by atoms with E-state index in [1.807, 2.05) is 66.3 Å². The molecular formula is C22H28N6O2. The molecule has 0 radical (unpaired) electrons. The average Bonchev–Trinajstić information content (AvgIpc) is 3.40. The smallest absolute Gasteiger partial charge is 0.287 e. The molecule has 30 heavy (non-hydrogen) atoms. The predicted molar refractivity (Wildman–Crippen MR) is 117 cm³/mol. The summed E-state index contributed by atoms with van der Waals surface area (Å²) in [5.41, 5.74) is 2.95. The first-order chi connectivity index (χ1) is 14.6. The number of amides is 1. The van der Waals surface area contributed by atoms with E-state index >= 15 is 0 Å². The van der Waals surface area contributed by atoms with E-state index < -0.39 is 0 Å². The number of furan rings is 1. The van der Waals surface area contributed by atoms with Gasteiger partial charge in [-0.15, -0.1) is 0 Å². The minimum absolute atomic E-state index is 0.186. The molecule has 3 rings (SSSR count). The highest BCUT2D eigenvalue weighted by atomic mass is 16.3. The van der Waals surface area contributed by atoms with Crippen LogP contribution in [0.3, 0.4) is 0 Å². The Hall–Kier alpha value is -3.55. The predicted octanol–water partition coefficient (Wildman–Crippen LogP) is 2.60. The molecule has 1 aromatic carbocycles. The standard InChI is InChI=1S/C22H28N6O2/c1-17-10-13-30-20(17)21(29)24-11-7-12-25-22(23-2)27(3)15-18-14-26-28(16-18)19-8-5-4-6-9-19/h4-6,8-10,13-14,16H,7,11-12,15H2,1-3H3,(H,23,25)(H,24,29). The average molecular weight is 409 g/mol. The van der Waals surface area contributed by atoms with Gasteiger partial charge in [-0.1, -0.05) is 18.2 Å². The maximum Gasteiger partial charge on any atom is 0.287 e. The molecule has 0 bridgehead atoms. The Morgan fingerprint density at radius 3 is 2.67 bits per heavy atom. The van der Waals surface area contributed by atoms with Gasteiger partial charge in [0.25, 0.3) is 5.91 Å². The van der Waals surface area contributed by atoms with Crippen LogP contribution in [0.1, 0.15) is 28.1 Å². The summed E-state index contributed by atoms with van der Waals surface area (Å²) in [5, 5.41) is 10.6. The minimum Gasteiger partial charge on any atom is -0.459 e. The molecule has 8 nitrogen and oxygen atoms in total. The first kappa shape index (κ1) is 21.2. The third-order valence-corrected chi connectivity index (χ3v) is 4.64. The second-order valence-electron chi connectivity index (χ2n) is 7.00. The quantitative estimate of drug-likeness (QED) is 0.340. The monoisotopic (exact) mass is 408 g/mol. The summed E-state index contributed by atoms with van der Waals surface area (Å²) in [6, 6.07) is 11.8. The van der Waals surface area contributed by atoms with E-state index in [9.17, 15) is 4.79 Å². The molecule has 0 atom stereocenters. The van der Waals surface area contributed by atoms with E-state index in [1.165, 1.54) is 6.26 Å². The molecular weight excluding hydrogens is 380 g/mol. The normalized spacial score (nSPS) is 11.4. The fraction of sp³-hybridized carbons (Fsp3) is 0.318. The summed E-state index contributed by atoms with van der Waals surface area (Å²) < 4.78 is 7.06. The maximum atomic E-state index is 12.0. The van der Waals surface area contributed by atoms with Crippen LogP contribution in [0.25, 0.3) is 5.69 Å². The summed E-state index contributed by atoms with van der Waals surface area (Å²) in [6.07, 6.45) is 6.17. The van der Waals surface area contributed by atoms with Crippen LogP contribution in [0.5, 0.6) is 0 Å². The summed E-state index contributed by atoms with van der Waals surface area (Å²) >= 11 is 0. The van der Waals surface area contributed by atoms with Crippen LogP contribution < -0.4 is 10.6 Å². The highest BCUT2D eigenvalue weighted by Gasteiger charge is 2.12. The zero-order valence-corrected chi connectivity index (χ0v) is 17.6. The molecule has 0 unspecified atom stereocenters. The number of rotatable bonds is 8. The number of nitrogens with one attached hydrogen (secondary N) is 2. The van der Waals surface area contributed by atoms with Gasteiger partial charge in [0.15, 0.2) is 11.7 Å². The van der Waals surface area contributed by atoms with E-state index in [2.05, 4.69) is 20.7 Å². The molecule has 3 aromatic rings. The third kappa shape index (κ3) is 5.50. The lowest BCUT2D eigenvalue weighted by Crippen LogP contribution is -2.39. The van der Waals surface area contributed by atoms with Crippen LogP contribution in [0.2, 0.25) is 0 Å². The van der Waals surface area contributed by atoms with Gasteiger partial charge in [-0.05, 0) is 31.5 Å². The van der Waals surface area contributed by atoms with Gasteiger partial charge in [0.05, 0.1) is 18.1 Å². The summed E-state index contributed by atoms with van der Waals surface area (Å²) in [5.74, 6) is 0.972. The molecule has 2 N–H and O–H groups in total. The van der Waals surface area contributed by atoms with Crippen molar-refractivity contribution >= 4 is 11.9 Å². The van der Waals surface area contributed by atoms with Crippen molar-refractivity contribution in [1.29, 1.82) is 0 Å². The first-order valence-electron chi connectivity index (χ1n) is 9.91. The van der Waals surface area contributed by atoms with Gasteiger partial charge >= 0.3 is 0 Å². The molecule has 2 aromatic heterocycles. The van der Waals surface area contributed by atoms with Gasteiger partial charge in [0.1, 0.15) is 0 Å². The number of guanidine groups is 1. The van der Waals surface area contributed by atoms with Gasteiger partial charge in [0.2, 0.25) is 0 Å². The number of aliphatic imine (C=N–C) groups is 1. The molecule has 0 aliphatic heterocycles. The van der Waals surface area contributed by atoms with E-state index in [0.29, 0.717) is 25.4 Å². The summed E-state index contributed by atoms with van der Waals surface area (Å²) in [4.78, 5) is 18.4. The lowest BCUT2D eigenvalue weighted by Gasteiger charge is -2.21. The number of hydrogen-bond donors (Lipinski definition) is 2. The Morgan fingerprint density at radius 2 is 1.97 bits per heavy atom. The molecule has 158 valence electrons. The van der Waals surface area contributed by atoms with E-state index in [1.54, 1.807) is 13.1 Å². The first-order valence-corrected chi connectivity index (χ1v) is 9.91. The van der Waals surface area contributed by atoms with Crippen LogP contribution in [-0.2, 0) is 6.54 Å². The molecule has 1 amide bonds. The van der Waals surface area contributed by atoms with Gasteiger partial charge in [-0.25, -0.2) is 4.68 Å². The van der Waals surface area contributed by atoms with Crippen LogP contribution in [0.15, 0.2) is 64.5 Å². The van der Waals surface area contributed by atoms with Crippen molar-refractivity contribution in [2.75, 3.05) is 27.2 Å². The minimum atomic E-state index is -0.186. The third-order valence-electron chi connectivity index (χ3n) is 4.64. The summed E-state index contributed by atoms with van der Waals surface area (Å²) in [7, 11) is 3.74. The topological polar surface area (TPSA) is 87.7 Å². The van der Waals surface area contributed by atoms with Gasteiger partial charge in [0, 0.05) is 51.1 Å². The van der Waals surface area contributed by atoms with Crippen molar-refractivity contribution in [3.63, 3.8) is 0 Å². The molecule has 0 saturated carbocycles. The molecule has 0 aliphatic carbocycles. The number of aromatic nitrogens is 2. The van der Waals surface area contributed by atoms with Crippen molar-refractivity contribution < 1.29 is 9.21 Å². The van der Waals surface area contributed by atoms with Crippen molar-refractivity contribution in [2.24, 2.45) is 4.99 Å². The maximum absolute atomic E-state index is 12.0. The van der Waals surface area contributed by atoms with E-state index in [-0.39, 0.29) is 5.91 Å². The fourth-order valence-electron chi connectivity index (χ4n) is 3.07. The zero-order chi connectivity index (χ0) is 21.3. The van der Waals surface area contributed by atoms with Gasteiger partial charge < -0.3 is 20.0 Å². The Labute approximate surface area is 176 Å². The van der Waals surface area contributed by atoms with Gasteiger partial charge in [-0.2, -0.15) is 5.10 Å². The summed E-state index contributed by atoms with van der Waals surface area (Å²) in [6.45, 7) is 3.78. The van der Waals surface area contributed by atoms with Crippen LogP contribution in [0.4, 0.5) is 0 Å². The number of carbonyl (C=O) groups excluding carboxylic acids is 1. The number of nitrogens with zero attached hydrogens (tertiary/aromatic N) is 4. The number of para-hydroxylation sites is 1. The van der Waals surface area contributed by atoms with E-state index in [0.717, 1.165) is 29.2 Å². The number of benzene rings is 1. The van der Waals surface area contributed by atoms with Crippen molar-refractivity contribution in [3.05, 3.63) is 71.9 Å². The van der Waals surface area contributed by atoms with Crippen molar-refractivity contribution in [3.8, 4) is 5.69 Å². The molecule has 2 heterocycles. The number of hydrogen-bond acceptors (Lipinski definition) is 4. The highest BCUT2D eigenvalue weighted by molar-refractivity contribution is 5.92. The fourth-order valence-corrected chi connectivity index (χ4v) is 3.07. The Kier molecular flexibility index (Phi) is 7.26. The number of carbonyl (C=O) groups is 1. The molecule has 0 fully saturated rings. The lowest BCUT2D eigenvalue weighted by molar-refractivity contribution is 0.0925.